The molecule has 3 N–H and O–H groups in total. The van der Waals surface area contributed by atoms with E-state index in [2.05, 4.69) is 10.3 Å². The van der Waals surface area contributed by atoms with Gasteiger partial charge in [-0.2, -0.15) is 0 Å². The van der Waals surface area contributed by atoms with Gasteiger partial charge in [0.25, 0.3) is 0 Å². The maximum atomic E-state index is 5.64. The molecule has 0 saturated heterocycles. The van der Waals surface area contributed by atoms with E-state index >= 15 is 0 Å². The van der Waals surface area contributed by atoms with Crippen LogP contribution in [0.3, 0.4) is 0 Å². The van der Waals surface area contributed by atoms with E-state index in [0.29, 0.717) is 5.88 Å². The van der Waals surface area contributed by atoms with Crippen molar-refractivity contribution in [3.8, 4) is 5.88 Å². The quantitative estimate of drug-likeness (QED) is 0.742. The van der Waals surface area contributed by atoms with Gasteiger partial charge in [0.1, 0.15) is 0 Å². The maximum absolute atomic E-state index is 5.64. The first-order valence-electron chi connectivity index (χ1n) is 4.72. The molecule has 1 rings (SSSR count). The standard InChI is InChI=1S/C10H17N3O/c1-8(11)3-5-12-9-4-6-13-10(7-9)14-2/h4,6-8H,3,5,11H2,1-2H3,(H,12,13). The SMILES string of the molecule is COc1cc(NCCC(C)N)ccn1. The van der Waals surface area contributed by atoms with E-state index in [-0.39, 0.29) is 6.04 Å². The molecule has 1 aromatic heterocycles. The summed E-state index contributed by atoms with van der Waals surface area (Å²) in [5.74, 6) is 0.621. The maximum Gasteiger partial charge on any atom is 0.214 e. The molecule has 0 aliphatic carbocycles. The van der Waals surface area contributed by atoms with E-state index in [9.17, 15) is 0 Å². The number of aromatic nitrogens is 1. The molecule has 0 aliphatic rings. The van der Waals surface area contributed by atoms with E-state index in [4.69, 9.17) is 10.5 Å². The number of anilines is 1. The Hall–Kier alpha value is -1.29. The summed E-state index contributed by atoms with van der Waals surface area (Å²) in [7, 11) is 1.61. The van der Waals surface area contributed by atoms with Crippen LogP contribution < -0.4 is 15.8 Å². The molecule has 0 fully saturated rings. The number of nitrogens with one attached hydrogen (secondary N) is 1. The van der Waals surface area contributed by atoms with Crippen LogP contribution in [0, 0.1) is 0 Å². The molecule has 1 heterocycles. The second-order valence-electron chi connectivity index (χ2n) is 3.28. The molecule has 1 aromatic rings. The van der Waals surface area contributed by atoms with Crippen LogP contribution in [-0.2, 0) is 0 Å². The first-order valence-corrected chi connectivity index (χ1v) is 4.72. The minimum Gasteiger partial charge on any atom is -0.481 e. The van der Waals surface area contributed by atoms with Gasteiger partial charge in [-0.05, 0) is 19.4 Å². The first-order chi connectivity index (χ1) is 6.72. The third-order valence-electron chi connectivity index (χ3n) is 1.87. The van der Waals surface area contributed by atoms with E-state index in [0.717, 1.165) is 18.7 Å². The fourth-order valence-corrected chi connectivity index (χ4v) is 1.08. The Balaban J connectivity index is 2.42. The van der Waals surface area contributed by atoms with Gasteiger partial charge >= 0.3 is 0 Å². The van der Waals surface area contributed by atoms with Crippen molar-refractivity contribution >= 4 is 5.69 Å². The molecule has 0 radical (unpaired) electrons. The van der Waals surface area contributed by atoms with Gasteiger partial charge in [-0.3, -0.25) is 0 Å². The molecular formula is C10H17N3O. The molecular weight excluding hydrogens is 178 g/mol. The van der Waals surface area contributed by atoms with Crippen molar-refractivity contribution in [2.75, 3.05) is 19.0 Å². The smallest absolute Gasteiger partial charge is 0.214 e. The number of rotatable bonds is 5. The molecule has 0 aromatic carbocycles. The molecule has 4 nitrogen and oxygen atoms in total. The molecule has 0 spiro atoms. The lowest BCUT2D eigenvalue weighted by atomic mass is 10.2. The topological polar surface area (TPSA) is 60.2 Å². The van der Waals surface area contributed by atoms with Gasteiger partial charge in [-0.1, -0.05) is 0 Å². The highest BCUT2D eigenvalue weighted by Gasteiger charge is 1.97. The fourth-order valence-electron chi connectivity index (χ4n) is 1.08. The second-order valence-corrected chi connectivity index (χ2v) is 3.28. The van der Waals surface area contributed by atoms with E-state index in [1.54, 1.807) is 13.3 Å². The van der Waals surface area contributed by atoms with Crippen LogP contribution in [0.15, 0.2) is 18.3 Å². The molecule has 0 amide bonds. The van der Waals surface area contributed by atoms with Crippen molar-refractivity contribution < 1.29 is 4.74 Å². The zero-order chi connectivity index (χ0) is 10.4. The fraction of sp³-hybridized carbons (Fsp3) is 0.500. The average Bonchev–Trinajstić information content (AvgIpc) is 2.18. The summed E-state index contributed by atoms with van der Waals surface area (Å²) in [5, 5.41) is 3.25. The summed E-state index contributed by atoms with van der Waals surface area (Å²) < 4.78 is 5.01. The van der Waals surface area contributed by atoms with E-state index in [1.165, 1.54) is 0 Å². The number of methoxy groups -OCH3 is 1. The highest BCUT2D eigenvalue weighted by Crippen LogP contribution is 2.12. The highest BCUT2D eigenvalue weighted by atomic mass is 16.5. The molecule has 4 heteroatoms. The highest BCUT2D eigenvalue weighted by molar-refractivity contribution is 5.44. The Kier molecular flexibility index (Phi) is 4.19. The van der Waals surface area contributed by atoms with Gasteiger partial charge in [0.05, 0.1) is 7.11 Å². The minimum absolute atomic E-state index is 0.228. The van der Waals surface area contributed by atoms with Crippen molar-refractivity contribution in [3.05, 3.63) is 18.3 Å². The van der Waals surface area contributed by atoms with Gasteiger partial charge in [0.2, 0.25) is 5.88 Å². The summed E-state index contributed by atoms with van der Waals surface area (Å²) in [6.45, 7) is 2.86. The van der Waals surface area contributed by atoms with Crippen LogP contribution in [0.25, 0.3) is 0 Å². The van der Waals surface area contributed by atoms with Crippen LogP contribution in [0.5, 0.6) is 5.88 Å². The summed E-state index contributed by atoms with van der Waals surface area (Å²) in [6.07, 6.45) is 2.66. The lowest BCUT2D eigenvalue weighted by Crippen LogP contribution is -2.19. The van der Waals surface area contributed by atoms with Gasteiger partial charge in [-0.15, -0.1) is 0 Å². The predicted octanol–water partition coefficient (Wildman–Crippen LogP) is 1.24. The summed E-state index contributed by atoms with van der Waals surface area (Å²) in [4.78, 5) is 4.01. The van der Waals surface area contributed by atoms with Crippen molar-refractivity contribution in [2.45, 2.75) is 19.4 Å². The zero-order valence-electron chi connectivity index (χ0n) is 8.66. The molecule has 1 unspecified atom stereocenters. The number of hydrogen-bond donors (Lipinski definition) is 2. The Bertz CT molecular complexity index is 276. The Morgan fingerprint density at radius 2 is 2.43 bits per heavy atom. The van der Waals surface area contributed by atoms with Gasteiger partial charge in [0.15, 0.2) is 0 Å². The van der Waals surface area contributed by atoms with Crippen molar-refractivity contribution in [1.29, 1.82) is 0 Å². The van der Waals surface area contributed by atoms with Crippen molar-refractivity contribution in [2.24, 2.45) is 5.73 Å². The lowest BCUT2D eigenvalue weighted by Gasteiger charge is -2.08. The molecule has 0 saturated carbocycles. The van der Waals surface area contributed by atoms with Crippen molar-refractivity contribution in [1.82, 2.24) is 4.98 Å². The lowest BCUT2D eigenvalue weighted by molar-refractivity contribution is 0.398. The van der Waals surface area contributed by atoms with Crippen LogP contribution in [0.2, 0.25) is 0 Å². The molecule has 14 heavy (non-hydrogen) atoms. The largest absolute Gasteiger partial charge is 0.481 e. The normalized spacial score (nSPS) is 12.2. The molecule has 0 bridgehead atoms. The van der Waals surface area contributed by atoms with Crippen molar-refractivity contribution in [3.63, 3.8) is 0 Å². The number of hydrogen-bond acceptors (Lipinski definition) is 4. The molecule has 1 atom stereocenters. The average molecular weight is 195 g/mol. The number of nitrogens with zero attached hydrogens (tertiary/aromatic N) is 1. The van der Waals surface area contributed by atoms with Gasteiger partial charge in [-0.25, -0.2) is 4.98 Å². The summed E-state index contributed by atoms with van der Waals surface area (Å²) in [5.41, 5.74) is 6.65. The third-order valence-corrected chi connectivity index (χ3v) is 1.87. The van der Waals surface area contributed by atoms with Gasteiger partial charge in [0, 0.05) is 30.5 Å². The Morgan fingerprint density at radius 1 is 1.64 bits per heavy atom. The van der Waals surface area contributed by atoms with Crippen LogP contribution in [-0.4, -0.2) is 24.7 Å². The van der Waals surface area contributed by atoms with E-state index in [1.807, 2.05) is 19.1 Å². The Labute approximate surface area is 84.5 Å². The monoisotopic (exact) mass is 195 g/mol. The van der Waals surface area contributed by atoms with Gasteiger partial charge < -0.3 is 15.8 Å². The van der Waals surface area contributed by atoms with Crippen LogP contribution in [0.4, 0.5) is 5.69 Å². The Morgan fingerprint density at radius 3 is 3.07 bits per heavy atom. The summed E-state index contributed by atoms with van der Waals surface area (Å²) >= 11 is 0. The molecule has 0 aliphatic heterocycles. The van der Waals surface area contributed by atoms with Crippen LogP contribution >= 0.6 is 0 Å². The number of ether oxygens (including phenoxy) is 1. The molecule has 78 valence electrons. The third kappa shape index (κ3) is 3.62. The number of pyridine rings is 1. The second kappa shape index (κ2) is 5.44. The van der Waals surface area contributed by atoms with Crippen LogP contribution in [0.1, 0.15) is 13.3 Å². The zero-order valence-corrected chi connectivity index (χ0v) is 8.66. The summed E-state index contributed by atoms with van der Waals surface area (Å²) in [6, 6.07) is 4.00. The number of nitrogens with two attached hydrogens (primary N) is 1. The minimum atomic E-state index is 0.228. The first kappa shape index (κ1) is 10.8. The predicted molar refractivity (Wildman–Crippen MR) is 57.5 cm³/mol. The van der Waals surface area contributed by atoms with E-state index < -0.39 is 0 Å².